The summed E-state index contributed by atoms with van der Waals surface area (Å²) in [4.78, 5) is 22.5. The summed E-state index contributed by atoms with van der Waals surface area (Å²) in [5, 5.41) is 10.6. The van der Waals surface area contributed by atoms with Gasteiger partial charge < -0.3 is 14.7 Å². The highest BCUT2D eigenvalue weighted by molar-refractivity contribution is 5.92. The molecule has 4 rings (SSSR count). The molecule has 0 radical (unpaired) electrons. The third-order valence-corrected chi connectivity index (χ3v) is 5.99. The number of benzene rings is 1. The van der Waals surface area contributed by atoms with Gasteiger partial charge in [-0.25, -0.2) is 9.97 Å². The van der Waals surface area contributed by atoms with E-state index in [0.29, 0.717) is 43.0 Å². The molecule has 6 heteroatoms. The number of ether oxygens (including phenoxy) is 1. The van der Waals surface area contributed by atoms with Crippen molar-refractivity contribution < 1.29 is 14.6 Å². The zero-order chi connectivity index (χ0) is 19.7. The summed E-state index contributed by atoms with van der Waals surface area (Å²) in [7, 11) is 0. The average molecular weight is 381 g/mol. The SMILES string of the molecule is CC(C)c1cccc(O[C@@H]2C[C@@H]3CN(C(=O)c4ccncn4)C[C@@H]3C[C@H]2O)c1. The highest BCUT2D eigenvalue weighted by Crippen LogP contribution is 2.38. The molecule has 148 valence electrons. The number of aliphatic hydroxyl groups excluding tert-OH is 1. The van der Waals surface area contributed by atoms with Crippen molar-refractivity contribution in [3.63, 3.8) is 0 Å². The van der Waals surface area contributed by atoms with Gasteiger partial charge in [0.1, 0.15) is 23.9 Å². The predicted octanol–water partition coefficient (Wildman–Crippen LogP) is 2.89. The zero-order valence-corrected chi connectivity index (χ0v) is 16.4. The van der Waals surface area contributed by atoms with Crippen LogP contribution in [0.2, 0.25) is 0 Å². The summed E-state index contributed by atoms with van der Waals surface area (Å²) in [6.45, 7) is 5.66. The summed E-state index contributed by atoms with van der Waals surface area (Å²) < 4.78 is 6.17. The first-order chi connectivity index (χ1) is 13.5. The van der Waals surface area contributed by atoms with Crippen molar-refractivity contribution >= 4 is 5.91 Å². The normalized spacial score (nSPS) is 26.9. The highest BCUT2D eigenvalue weighted by Gasteiger charge is 2.44. The second kappa shape index (κ2) is 7.87. The highest BCUT2D eigenvalue weighted by atomic mass is 16.5. The molecule has 1 amide bonds. The molecule has 6 nitrogen and oxygen atoms in total. The first-order valence-corrected chi connectivity index (χ1v) is 10.0. The molecule has 2 aromatic rings. The molecule has 2 fully saturated rings. The minimum atomic E-state index is -0.516. The van der Waals surface area contributed by atoms with Gasteiger partial charge in [0.25, 0.3) is 5.91 Å². The fraction of sp³-hybridized carbons (Fsp3) is 0.500. The van der Waals surface area contributed by atoms with Gasteiger partial charge in [-0.2, -0.15) is 0 Å². The molecule has 1 aliphatic heterocycles. The van der Waals surface area contributed by atoms with Crippen LogP contribution in [0.5, 0.6) is 5.75 Å². The molecule has 1 saturated heterocycles. The van der Waals surface area contributed by atoms with Crippen LogP contribution in [0.25, 0.3) is 0 Å². The fourth-order valence-electron chi connectivity index (χ4n) is 4.38. The van der Waals surface area contributed by atoms with Crippen molar-refractivity contribution in [3.05, 3.63) is 54.1 Å². The van der Waals surface area contributed by atoms with Crippen molar-refractivity contribution in [1.29, 1.82) is 0 Å². The molecule has 1 aromatic heterocycles. The summed E-state index contributed by atoms with van der Waals surface area (Å²) in [5.74, 6) is 1.82. The summed E-state index contributed by atoms with van der Waals surface area (Å²) >= 11 is 0. The summed E-state index contributed by atoms with van der Waals surface area (Å²) in [5.41, 5.74) is 1.65. The Morgan fingerprint density at radius 3 is 2.71 bits per heavy atom. The van der Waals surface area contributed by atoms with Crippen molar-refractivity contribution in [2.75, 3.05) is 13.1 Å². The molecular weight excluding hydrogens is 354 g/mol. The topological polar surface area (TPSA) is 75.5 Å². The minimum Gasteiger partial charge on any atom is -0.488 e. The second-order valence-electron chi connectivity index (χ2n) is 8.25. The molecule has 2 heterocycles. The number of fused-ring (bicyclic) bond motifs is 1. The van der Waals surface area contributed by atoms with Crippen LogP contribution in [0.15, 0.2) is 42.9 Å². The van der Waals surface area contributed by atoms with E-state index >= 15 is 0 Å². The van der Waals surface area contributed by atoms with E-state index in [9.17, 15) is 9.90 Å². The van der Waals surface area contributed by atoms with Crippen LogP contribution in [0.3, 0.4) is 0 Å². The van der Waals surface area contributed by atoms with Gasteiger partial charge in [0.05, 0.1) is 6.10 Å². The molecule has 2 aliphatic rings. The molecule has 0 spiro atoms. The van der Waals surface area contributed by atoms with E-state index in [1.165, 1.54) is 11.9 Å². The molecule has 1 aromatic carbocycles. The molecule has 1 saturated carbocycles. The van der Waals surface area contributed by atoms with Crippen LogP contribution in [-0.4, -0.2) is 51.2 Å². The Hall–Kier alpha value is -2.47. The lowest BCUT2D eigenvalue weighted by molar-refractivity contribution is -0.0231. The lowest BCUT2D eigenvalue weighted by atomic mass is 9.78. The fourth-order valence-corrected chi connectivity index (χ4v) is 4.38. The lowest BCUT2D eigenvalue weighted by Crippen LogP contribution is -2.42. The van der Waals surface area contributed by atoms with Crippen LogP contribution >= 0.6 is 0 Å². The maximum Gasteiger partial charge on any atom is 0.272 e. The lowest BCUT2D eigenvalue weighted by Gasteiger charge is -2.35. The van der Waals surface area contributed by atoms with E-state index < -0.39 is 6.10 Å². The first-order valence-electron chi connectivity index (χ1n) is 10.0. The number of hydrogen-bond donors (Lipinski definition) is 1. The van der Waals surface area contributed by atoms with E-state index in [-0.39, 0.29) is 12.0 Å². The van der Waals surface area contributed by atoms with E-state index in [4.69, 9.17) is 4.74 Å². The number of hydrogen-bond acceptors (Lipinski definition) is 5. The average Bonchev–Trinajstić information content (AvgIpc) is 3.11. The molecule has 4 atom stereocenters. The zero-order valence-electron chi connectivity index (χ0n) is 16.4. The Labute approximate surface area is 165 Å². The first kappa shape index (κ1) is 18.9. The Morgan fingerprint density at radius 1 is 1.21 bits per heavy atom. The third kappa shape index (κ3) is 3.87. The smallest absolute Gasteiger partial charge is 0.272 e. The summed E-state index contributed by atoms with van der Waals surface area (Å²) in [6.07, 6.45) is 3.64. The molecule has 0 bridgehead atoms. The Morgan fingerprint density at radius 2 is 2.00 bits per heavy atom. The van der Waals surface area contributed by atoms with Crippen LogP contribution < -0.4 is 4.74 Å². The molecule has 1 aliphatic carbocycles. The second-order valence-corrected chi connectivity index (χ2v) is 8.25. The van der Waals surface area contributed by atoms with Gasteiger partial charge >= 0.3 is 0 Å². The van der Waals surface area contributed by atoms with Gasteiger partial charge in [-0.05, 0) is 54.4 Å². The van der Waals surface area contributed by atoms with Crippen LogP contribution in [0, 0.1) is 11.8 Å². The molecular formula is C22H27N3O3. The Kier molecular flexibility index (Phi) is 5.31. The number of amides is 1. The number of carbonyl (C=O) groups excluding carboxylic acids is 1. The van der Waals surface area contributed by atoms with Gasteiger partial charge in [-0.3, -0.25) is 4.79 Å². The Bertz CT molecular complexity index is 827. The maximum atomic E-state index is 12.7. The predicted molar refractivity (Wildman–Crippen MR) is 105 cm³/mol. The van der Waals surface area contributed by atoms with Crippen molar-refractivity contribution in [1.82, 2.24) is 14.9 Å². The third-order valence-electron chi connectivity index (χ3n) is 5.99. The van der Waals surface area contributed by atoms with Gasteiger partial charge in [0, 0.05) is 19.3 Å². The number of aromatic nitrogens is 2. The Balaban J connectivity index is 1.42. The van der Waals surface area contributed by atoms with Gasteiger partial charge in [0.2, 0.25) is 0 Å². The van der Waals surface area contributed by atoms with Gasteiger partial charge in [-0.15, -0.1) is 0 Å². The monoisotopic (exact) mass is 381 g/mol. The van der Waals surface area contributed by atoms with E-state index in [1.807, 2.05) is 17.0 Å². The van der Waals surface area contributed by atoms with Crippen molar-refractivity contribution in [2.24, 2.45) is 11.8 Å². The van der Waals surface area contributed by atoms with Crippen molar-refractivity contribution in [3.8, 4) is 5.75 Å². The quantitative estimate of drug-likeness (QED) is 0.881. The number of nitrogens with zero attached hydrogens (tertiary/aromatic N) is 3. The molecule has 28 heavy (non-hydrogen) atoms. The van der Waals surface area contributed by atoms with E-state index in [0.717, 1.165) is 12.2 Å². The number of rotatable bonds is 4. The number of carbonyl (C=O) groups is 1. The van der Waals surface area contributed by atoms with Crippen LogP contribution in [0.1, 0.15) is 48.7 Å². The summed E-state index contributed by atoms with van der Waals surface area (Å²) in [6, 6.07) is 9.75. The standard InChI is InChI=1S/C22H27N3O3/c1-14(2)15-4-3-5-18(8-15)28-21-10-17-12-25(11-16(17)9-20(21)26)22(27)19-6-7-23-13-24-19/h3-8,13-14,16-17,20-21,26H,9-12H2,1-2H3/t16-,17+,20+,21+/m0/s1. The van der Waals surface area contributed by atoms with E-state index in [1.54, 1.807) is 12.3 Å². The van der Waals surface area contributed by atoms with Crippen LogP contribution in [0.4, 0.5) is 0 Å². The largest absolute Gasteiger partial charge is 0.488 e. The molecule has 1 N–H and O–H groups in total. The van der Waals surface area contributed by atoms with E-state index in [2.05, 4.69) is 35.9 Å². The van der Waals surface area contributed by atoms with Crippen LogP contribution in [-0.2, 0) is 0 Å². The molecule has 0 unspecified atom stereocenters. The number of aliphatic hydroxyl groups is 1. The van der Waals surface area contributed by atoms with Gasteiger partial charge in [-0.1, -0.05) is 26.0 Å². The maximum absolute atomic E-state index is 12.7. The number of likely N-dealkylation sites (tertiary alicyclic amines) is 1. The van der Waals surface area contributed by atoms with Crippen molar-refractivity contribution in [2.45, 2.75) is 44.8 Å². The minimum absolute atomic E-state index is 0.0617. The van der Waals surface area contributed by atoms with Gasteiger partial charge in [0.15, 0.2) is 0 Å².